The van der Waals surface area contributed by atoms with Crippen LogP contribution in [0.1, 0.15) is 55.3 Å². The number of piperidine rings is 1. The highest BCUT2D eigenvalue weighted by atomic mass is 16.5. The van der Waals surface area contributed by atoms with Gasteiger partial charge in [-0.3, -0.25) is 9.59 Å². The number of aliphatic carboxylic acids is 1. The summed E-state index contributed by atoms with van der Waals surface area (Å²) in [4.78, 5) is 34.8. The van der Waals surface area contributed by atoms with Crippen molar-refractivity contribution in [3.8, 4) is 0 Å². The van der Waals surface area contributed by atoms with Crippen LogP contribution in [0.25, 0.3) is 0 Å². The third-order valence-corrected chi connectivity index (χ3v) is 8.70. The molecule has 2 aromatic rings. The minimum Gasteiger partial charge on any atom is -0.481 e. The second-order valence-electron chi connectivity index (χ2n) is 11.9. The van der Waals surface area contributed by atoms with Gasteiger partial charge in [-0.25, -0.2) is 4.98 Å². The summed E-state index contributed by atoms with van der Waals surface area (Å²) >= 11 is 0. The van der Waals surface area contributed by atoms with E-state index in [1.165, 1.54) is 5.56 Å². The highest BCUT2D eigenvalue weighted by molar-refractivity contribution is 5.81. The lowest BCUT2D eigenvalue weighted by molar-refractivity contribution is -0.138. The maximum absolute atomic E-state index is 13.2. The fourth-order valence-electron chi connectivity index (χ4n) is 6.42. The Balaban J connectivity index is 1.12. The van der Waals surface area contributed by atoms with E-state index in [9.17, 15) is 14.7 Å². The molecule has 0 unspecified atom stereocenters. The van der Waals surface area contributed by atoms with Crippen LogP contribution in [-0.4, -0.2) is 84.9 Å². The standard InChI is InChI=1S/C33H45N5O4/c1-3-29-22-38(20-23(2)42-29)28-12-4-8-25(18-28)30(33(40)41)19-35-32(39)26-10-6-16-37(21-26)17-7-11-27-14-13-24-9-5-15-34-31(24)36-27/h3-4,8,12-14,18,23,26,29-30H,1,5-7,9-11,15-17,19-22H2,2H3,(H,34,36)(H,35,39)(H,40,41)/t23-,26+,29+,30-/m0/s1. The van der Waals surface area contributed by atoms with Crippen LogP contribution in [0.5, 0.6) is 0 Å². The molecular weight excluding hydrogens is 530 g/mol. The van der Waals surface area contributed by atoms with Crippen molar-refractivity contribution in [3.63, 3.8) is 0 Å². The van der Waals surface area contributed by atoms with Crippen LogP contribution in [0, 0.1) is 5.92 Å². The maximum atomic E-state index is 13.2. The van der Waals surface area contributed by atoms with E-state index in [0.29, 0.717) is 18.7 Å². The number of likely N-dealkylation sites (tertiary alicyclic amines) is 1. The highest BCUT2D eigenvalue weighted by Crippen LogP contribution is 2.26. The number of amides is 1. The molecule has 0 spiro atoms. The number of pyridine rings is 1. The molecule has 3 aliphatic rings. The van der Waals surface area contributed by atoms with Crippen molar-refractivity contribution in [2.75, 3.05) is 56.0 Å². The molecule has 0 aliphatic carbocycles. The zero-order chi connectivity index (χ0) is 29.5. The second-order valence-corrected chi connectivity index (χ2v) is 11.9. The molecular formula is C33H45N5O4. The summed E-state index contributed by atoms with van der Waals surface area (Å²) in [5.74, 6) is -0.905. The first-order valence-corrected chi connectivity index (χ1v) is 15.5. The molecule has 0 radical (unpaired) electrons. The number of benzene rings is 1. The number of aryl methyl sites for hydroxylation is 2. The van der Waals surface area contributed by atoms with Gasteiger partial charge < -0.3 is 30.3 Å². The van der Waals surface area contributed by atoms with Crippen molar-refractivity contribution in [1.29, 1.82) is 0 Å². The van der Waals surface area contributed by atoms with Gasteiger partial charge in [-0.15, -0.1) is 6.58 Å². The predicted octanol–water partition coefficient (Wildman–Crippen LogP) is 3.85. The van der Waals surface area contributed by atoms with Gasteiger partial charge in [0.1, 0.15) is 5.82 Å². The van der Waals surface area contributed by atoms with E-state index >= 15 is 0 Å². The summed E-state index contributed by atoms with van der Waals surface area (Å²) < 4.78 is 5.88. The number of anilines is 2. The zero-order valence-corrected chi connectivity index (χ0v) is 24.8. The fraction of sp³-hybridized carbons (Fsp3) is 0.545. The lowest BCUT2D eigenvalue weighted by Gasteiger charge is -2.37. The fourth-order valence-corrected chi connectivity index (χ4v) is 6.42. The van der Waals surface area contributed by atoms with Gasteiger partial charge in [-0.1, -0.05) is 24.3 Å². The van der Waals surface area contributed by atoms with Gasteiger partial charge in [-0.05, 0) is 87.9 Å². The molecule has 0 saturated carbocycles. The van der Waals surface area contributed by atoms with Gasteiger partial charge in [0.05, 0.1) is 24.0 Å². The van der Waals surface area contributed by atoms with Crippen LogP contribution in [0.2, 0.25) is 0 Å². The Morgan fingerprint density at radius 2 is 2.12 bits per heavy atom. The van der Waals surface area contributed by atoms with Gasteiger partial charge in [0, 0.05) is 44.1 Å². The molecule has 1 aromatic heterocycles. The molecule has 1 amide bonds. The van der Waals surface area contributed by atoms with E-state index < -0.39 is 11.9 Å². The Morgan fingerprint density at radius 1 is 1.24 bits per heavy atom. The SMILES string of the molecule is C=C[C@@H]1CN(c2cccc([C@H](CNC(=O)[C@@H]3CCCN(CCCc4ccc5c(n4)NCCC5)C3)C(=O)O)c2)C[C@H](C)O1. The quantitative estimate of drug-likeness (QED) is 0.347. The van der Waals surface area contributed by atoms with Crippen LogP contribution >= 0.6 is 0 Å². The monoisotopic (exact) mass is 575 g/mol. The summed E-state index contributed by atoms with van der Waals surface area (Å²) in [6, 6.07) is 12.0. The molecule has 4 atom stereocenters. The Kier molecular flexibility index (Phi) is 10.1. The molecule has 9 heteroatoms. The molecule has 3 N–H and O–H groups in total. The van der Waals surface area contributed by atoms with E-state index in [1.807, 2.05) is 31.2 Å². The highest BCUT2D eigenvalue weighted by Gasteiger charge is 2.29. The summed E-state index contributed by atoms with van der Waals surface area (Å²) in [6.07, 6.45) is 7.74. The minimum absolute atomic E-state index is 0.0487. The van der Waals surface area contributed by atoms with E-state index in [4.69, 9.17) is 9.72 Å². The average Bonchev–Trinajstić information content (AvgIpc) is 3.01. The van der Waals surface area contributed by atoms with Crippen molar-refractivity contribution in [2.24, 2.45) is 5.92 Å². The van der Waals surface area contributed by atoms with Gasteiger partial charge >= 0.3 is 5.97 Å². The van der Waals surface area contributed by atoms with Gasteiger partial charge in [0.15, 0.2) is 0 Å². The number of carboxylic acid groups (broad SMARTS) is 1. The molecule has 226 valence electrons. The normalized spacial score (nSPS) is 23.4. The van der Waals surface area contributed by atoms with E-state index in [-0.39, 0.29) is 30.6 Å². The Labute approximate surface area is 249 Å². The number of rotatable bonds is 11. The summed E-state index contributed by atoms with van der Waals surface area (Å²) in [7, 11) is 0. The van der Waals surface area contributed by atoms with Crippen LogP contribution in [0.4, 0.5) is 11.5 Å². The van der Waals surface area contributed by atoms with Crippen molar-refractivity contribution in [1.82, 2.24) is 15.2 Å². The van der Waals surface area contributed by atoms with Gasteiger partial charge in [-0.2, -0.15) is 0 Å². The number of aromatic nitrogens is 1. The minimum atomic E-state index is -0.942. The number of carbonyl (C=O) groups excluding carboxylic acids is 1. The first-order chi connectivity index (χ1) is 20.4. The predicted molar refractivity (Wildman–Crippen MR) is 165 cm³/mol. The van der Waals surface area contributed by atoms with Crippen molar-refractivity contribution < 1.29 is 19.4 Å². The summed E-state index contributed by atoms with van der Waals surface area (Å²) in [6.45, 7) is 11.0. The maximum Gasteiger partial charge on any atom is 0.312 e. The Bertz CT molecular complexity index is 1250. The van der Waals surface area contributed by atoms with Crippen molar-refractivity contribution >= 4 is 23.4 Å². The van der Waals surface area contributed by atoms with Crippen LogP contribution in [0.3, 0.4) is 0 Å². The first-order valence-electron chi connectivity index (χ1n) is 15.5. The van der Waals surface area contributed by atoms with Gasteiger partial charge in [0.2, 0.25) is 5.91 Å². The number of fused-ring (bicyclic) bond motifs is 1. The largest absolute Gasteiger partial charge is 0.481 e. The number of nitrogens with one attached hydrogen (secondary N) is 2. The number of morpholine rings is 1. The van der Waals surface area contributed by atoms with Crippen LogP contribution in [-0.2, 0) is 27.2 Å². The summed E-state index contributed by atoms with van der Waals surface area (Å²) in [5.41, 5.74) is 4.06. The molecule has 42 heavy (non-hydrogen) atoms. The average molecular weight is 576 g/mol. The number of carbonyl (C=O) groups is 2. The molecule has 1 aromatic carbocycles. The lowest BCUT2D eigenvalue weighted by Crippen LogP contribution is -2.46. The number of hydrogen-bond donors (Lipinski definition) is 3. The number of nitrogens with zero attached hydrogens (tertiary/aromatic N) is 3. The molecule has 9 nitrogen and oxygen atoms in total. The number of carboxylic acids is 1. The zero-order valence-electron chi connectivity index (χ0n) is 24.8. The lowest BCUT2D eigenvalue weighted by atomic mass is 9.95. The molecule has 5 rings (SSSR count). The summed E-state index contributed by atoms with van der Waals surface area (Å²) in [5, 5.41) is 16.4. The molecule has 3 aliphatic heterocycles. The van der Waals surface area contributed by atoms with E-state index in [0.717, 1.165) is 81.9 Å². The van der Waals surface area contributed by atoms with Crippen LogP contribution < -0.4 is 15.5 Å². The molecule has 4 heterocycles. The first kappa shape index (κ1) is 30.0. The third-order valence-electron chi connectivity index (χ3n) is 8.70. The Morgan fingerprint density at radius 3 is 2.95 bits per heavy atom. The third kappa shape index (κ3) is 7.69. The number of hydrogen-bond acceptors (Lipinski definition) is 7. The molecule has 2 fully saturated rings. The van der Waals surface area contributed by atoms with E-state index in [2.05, 4.69) is 39.1 Å². The second kappa shape index (κ2) is 14.2. The van der Waals surface area contributed by atoms with E-state index in [1.54, 1.807) is 6.08 Å². The Hall–Kier alpha value is -3.43. The van der Waals surface area contributed by atoms with Crippen molar-refractivity contribution in [2.45, 2.75) is 63.6 Å². The van der Waals surface area contributed by atoms with Crippen molar-refractivity contribution in [3.05, 3.63) is 65.9 Å². The topological polar surface area (TPSA) is 107 Å². The molecule has 0 bridgehead atoms. The smallest absolute Gasteiger partial charge is 0.312 e. The number of ether oxygens (including phenoxy) is 1. The van der Waals surface area contributed by atoms with Gasteiger partial charge in [0.25, 0.3) is 0 Å². The van der Waals surface area contributed by atoms with Crippen LogP contribution in [0.15, 0.2) is 49.1 Å². The molecule has 2 saturated heterocycles.